The van der Waals surface area contributed by atoms with Gasteiger partial charge in [0.1, 0.15) is 17.9 Å². The summed E-state index contributed by atoms with van der Waals surface area (Å²) in [6.07, 6.45) is -0.331. The molecule has 2 aromatic carbocycles. The van der Waals surface area contributed by atoms with Crippen LogP contribution >= 0.6 is 0 Å². The summed E-state index contributed by atoms with van der Waals surface area (Å²) in [4.78, 5) is 29.8. The smallest absolute Gasteiger partial charge is 0.254 e. The van der Waals surface area contributed by atoms with Gasteiger partial charge in [0.15, 0.2) is 0 Å². The van der Waals surface area contributed by atoms with E-state index < -0.39 is 5.60 Å². The van der Waals surface area contributed by atoms with Crippen LogP contribution in [0.3, 0.4) is 0 Å². The number of ether oxygens (including phenoxy) is 2. The fourth-order valence-electron chi connectivity index (χ4n) is 3.94. The van der Waals surface area contributed by atoms with Crippen molar-refractivity contribution in [3.63, 3.8) is 0 Å². The van der Waals surface area contributed by atoms with Crippen molar-refractivity contribution in [3.8, 4) is 17.6 Å². The molecule has 192 valence electrons. The summed E-state index contributed by atoms with van der Waals surface area (Å²) in [5, 5.41) is 9.80. The summed E-state index contributed by atoms with van der Waals surface area (Å²) >= 11 is 0. The molecule has 0 unspecified atom stereocenters. The SMILES string of the molecule is COc1cccc(CO[C@H]2CN(CC(C)C)C(=O)CN(C(=O)c3ccc(C#CC(C)(C)O)cc3)C2)c1. The van der Waals surface area contributed by atoms with E-state index in [1.54, 1.807) is 55.0 Å². The molecule has 1 aliphatic heterocycles. The lowest BCUT2D eigenvalue weighted by Gasteiger charge is -2.26. The zero-order chi connectivity index (χ0) is 26.3. The van der Waals surface area contributed by atoms with Gasteiger partial charge in [0, 0.05) is 30.8 Å². The van der Waals surface area contributed by atoms with Crippen molar-refractivity contribution >= 4 is 11.8 Å². The van der Waals surface area contributed by atoms with E-state index in [0.717, 1.165) is 11.3 Å². The second-order valence-corrected chi connectivity index (χ2v) is 10.0. The topological polar surface area (TPSA) is 79.3 Å². The fraction of sp³-hybridized carbons (Fsp3) is 0.448. The zero-order valence-electron chi connectivity index (χ0n) is 21.8. The molecule has 1 heterocycles. The van der Waals surface area contributed by atoms with E-state index in [1.807, 2.05) is 24.3 Å². The van der Waals surface area contributed by atoms with Crippen LogP contribution < -0.4 is 4.74 Å². The first kappa shape index (κ1) is 27.3. The number of rotatable bonds is 7. The maximum absolute atomic E-state index is 13.4. The quantitative estimate of drug-likeness (QED) is 0.600. The van der Waals surface area contributed by atoms with Crippen molar-refractivity contribution in [3.05, 3.63) is 65.2 Å². The van der Waals surface area contributed by atoms with E-state index in [0.29, 0.717) is 43.3 Å². The average molecular weight is 493 g/mol. The first-order chi connectivity index (χ1) is 17.0. The van der Waals surface area contributed by atoms with Crippen molar-refractivity contribution in [1.29, 1.82) is 0 Å². The number of nitrogens with zero attached hydrogens (tertiary/aromatic N) is 2. The lowest BCUT2D eigenvalue weighted by atomic mass is 10.1. The van der Waals surface area contributed by atoms with Crippen LogP contribution in [0.2, 0.25) is 0 Å². The summed E-state index contributed by atoms with van der Waals surface area (Å²) in [7, 11) is 1.62. The van der Waals surface area contributed by atoms with E-state index in [2.05, 4.69) is 25.7 Å². The van der Waals surface area contributed by atoms with Crippen molar-refractivity contribution in [2.75, 3.05) is 33.3 Å². The van der Waals surface area contributed by atoms with E-state index in [4.69, 9.17) is 9.47 Å². The van der Waals surface area contributed by atoms with Crippen LogP contribution in [-0.2, 0) is 16.1 Å². The largest absolute Gasteiger partial charge is 0.497 e. The first-order valence-electron chi connectivity index (χ1n) is 12.2. The molecule has 7 heteroatoms. The lowest BCUT2D eigenvalue weighted by molar-refractivity contribution is -0.132. The summed E-state index contributed by atoms with van der Waals surface area (Å²) < 4.78 is 11.5. The van der Waals surface area contributed by atoms with E-state index in [-0.39, 0.29) is 24.5 Å². The van der Waals surface area contributed by atoms with Crippen LogP contribution in [0.4, 0.5) is 0 Å². The van der Waals surface area contributed by atoms with Crippen molar-refractivity contribution < 1.29 is 24.2 Å². The maximum Gasteiger partial charge on any atom is 0.254 e. The van der Waals surface area contributed by atoms with E-state index >= 15 is 0 Å². The molecule has 2 amide bonds. The number of carbonyl (C=O) groups excluding carboxylic acids is 2. The molecule has 0 radical (unpaired) electrons. The Labute approximate surface area is 214 Å². The second kappa shape index (κ2) is 12.1. The average Bonchev–Trinajstić information content (AvgIpc) is 2.99. The number of amides is 2. The molecule has 0 aliphatic carbocycles. The number of methoxy groups -OCH3 is 1. The van der Waals surface area contributed by atoms with Gasteiger partial charge in [-0.25, -0.2) is 0 Å². The standard InChI is InChI=1S/C29H36N2O5/c1-21(2)16-30-17-26(36-20-23-7-6-8-25(15-23)35-5)18-31(19-27(30)32)28(33)24-11-9-22(10-12-24)13-14-29(3,4)34/h6-12,15,21,26,34H,16-20H2,1-5H3/t26-/m0/s1. The molecule has 36 heavy (non-hydrogen) atoms. The first-order valence-corrected chi connectivity index (χ1v) is 12.2. The molecule has 7 nitrogen and oxygen atoms in total. The molecule has 1 N–H and O–H groups in total. The number of benzene rings is 2. The highest BCUT2D eigenvalue weighted by Gasteiger charge is 2.31. The molecule has 2 aromatic rings. The maximum atomic E-state index is 13.4. The van der Waals surface area contributed by atoms with Crippen LogP contribution in [0, 0.1) is 17.8 Å². The summed E-state index contributed by atoms with van der Waals surface area (Å²) in [6.45, 7) is 9.05. The minimum Gasteiger partial charge on any atom is -0.497 e. The fourth-order valence-corrected chi connectivity index (χ4v) is 3.94. The molecule has 1 aliphatic rings. The van der Waals surface area contributed by atoms with Gasteiger partial charge in [-0.1, -0.05) is 37.8 Å². The van der Waals surface area contributed by atoms with E-state index in [1.165, 1.54) is 0 Å². The van der Waals surface area contributed by atoms with Crippen LogP contribution in [0.15, 0.2) is 48.5 Å². The second-order valence-electron chi connectivity index (χ2n) is 10.0. The van der Waals surface area contributed by atoms with Gasteiger partial charge in [-0.3, -0.25) is 9.59 Å². The number of carbonyl (C=O) groups is 2. The Hall–Kier alpha value is -3.34. The van der Waals surface area contributed by atoms with Gasteiger partial charge in [0.2, 0.25) is 5.91 Å². The van der Waals surface area contributed by atoms with Gasteiger partial charge < -0.3 is 24.4 Å². The predicted molar refractivity (Wildman–Crippen MR) is 139 cm³/mol. The number of aliphatic hydroxyl groups is 1. The molecular formula is C29H36N2O5. The molecule has 1 fully saturated rings. The van der Waals surface area contributed by atoms with Crippen LogP contribution in [-0.4, -0.2) is 71.7 Å². The minimum atomic E-state index is -1.09. The Kier molecular flexibility index (Phi) is 9.14. The third-order valence-corrected chi connectivity index (χ3v) is 5.66. The minimum absolute atomic E-state index is 0.00479. The predicted octanol–water partition coefficient (Wildman–Crippen LogP) is 3.34. The Bertz CT molecular complexity index is 1110. The lowest BCUT2D eigenvalue weighted by Crippen LogP contribution is -2.40. The highest BCUT2D eigenvalue weighted by atomic mass is 16.5. The zero-order valence-corrected chi connectivity index (χ0v) is 21.8. The molecule has 0 aromatic heterocycles. The summed E-state index contributed by atoms with van der Waals surface area (Å²) in [5.41, 5.74) is 1.03. The Morgan fingerprint density at radius 1 is 1.17 bits per heavy atom. The molecule has 0 spiro atoms. The van der Waals surface area contributed by atoms with Gasteiger partial charge in [0.25, 0.3) is 5.91 Å². The van der Waals surface area contributed by atoms with Crippen LogP contribution in [0.25, 0.3) is 0 Å². The van der Waals surface area contributed by atoms with Crippen molar-refractivity contribution in [2.45, 2.75) is 46.0 Å². The van der Waals surface area contributed by atoms with Crippen LogP contribution in [0.5, 0.6) is 5.75 Å². The van der Waals surface area contributed by atoms with Gasteiger partial charge in [-0.2, -0.15) is 0 Å². The van der Waals surface area contributed by atoms with Crippen molar-refractivity contribution in [1.82, 2.24) is 9.80 Å². The molecule has 3 rings (SSSR count). The third kappa shape index (κ3) is 8.11. The summed E-state index contributed by atoms with van der Waals surface area (Å²) in [5.74, 6) is 6.40. The van der Waals surface area contributed by atoms with Gasteiger partial charge in [-0.05, 0) is 61.7 Å². The molecule has 1 atom stereocenters. The number of hydrogen-bond acceptors (Lipinski definition) is 5. The van der Waals surface area contributed by atoms with Crippen LogP contribution in [0.1, 0.15) is 49.2 Å². The number of hydrogen-bond donors (Lipinski definition) is 1. The third-order valence-electron chi connectivity index (χ3n) is 5.66. The van der Waals surface area contributed by atoms with Gasteiger partial charge in [-0.15, -0.1) is 0 Å². The highest BCUT2D eigenvalue weighted by Crippen LogP contribution is 2.18. The van der Waals surface area contributed by atoms with Crippen molar-refractivity contribution in [2.24, 2.45) is 5.92 Å². The molecular weight excluding hydrogens is 456 g/mol. The molecule has 0 saturated carbocycles. The molecule has 0 bridgehead atoms. The Balaban J connectivity index is 1.76. The highest BCUT2D eigenvalue weighted by molar-refractivity contribution is 5.96. The van der Waals surface area contributed by atoms with Gasteiger partial charge in [0.05, 0.1) is 19.8 Å². The normalized spacial score (nSPS) is 16.4. The Morgan fingerprint density at radius 3 is 2.53 bits per heavy atom. The Morgan fingerprint density at radius 2 is 1.89 bits per heavy atom. The molecule has 1 saturated heterocycles. The van der Waals surface area contributed by atoms with Gasteiger partial charge >= 0.3 is 0 Å². The monoisotopic (exact) mass is 492 g/mol. The summed E-state index contributed by atoms with van der Waals surface area (Å²) in [6, 6.07) is 14.5. The van der Waals surface area contributed by atoms with E-state index in [9.17, 15) is 14.7 Å².